The van der Waals surface area contributed by atoms with Gasteiger partial charge in [-0.05, 0) is 44.4 Å². The topological polar surface area (TPSA) is 40.6 Å². The van der Waals surface area contributed by atoms with E-state index in [-0.39, 0.29) is 17.9 Å². The van der Waals surface area contributed by atoms with Gasteiger partial charge in [-0.25, -0.2) is 0 Å². The van der Waals surface area contributed by atoms with Crippen LogP contribution in [0.4, 0.5) is 5.69 Å². The molecule has 2 aliphatic heterocycles. The smallest absolute Gasteiger partial charge is 0.250 e. The maximum Gasteiger partial charge on any atom is 0.250 e. The summed E-state index contributed by atoms with van der Waals surface area (Å²) >= 11 is 12.0. The number of rotatable bonds is 1. The maximum absolute atomic E-state index is 12.8. The van der Waals surface area contributed by atoms with E-state index in [4.69, 9.17) is 23.2 Å². The Morgan fingerprint density at radius 1 is 1.05 bits per heavy atom. The zero-order valence-corrected chi connectivity index (χ0v) is 13.2. The molecule has 2 unspecified atom stereocenters. The van der Waals surface area contributed by atoms with E-state index >= 15 is 0 Å². The zero-order valence-electron chi connectivity index (χ0n) is 11.7. The second-order valence-electron chi connectivity index (χ2n) is 5.56. The van der Waals surface area contributed by atoms with Gasteiger partial charge in [0.2, 0.25) is 5.91 Å². The lowest BCUT2D eigenvalue weighted by atomic mass is 9.95. The minimum atomic E-state index is -0.526. The largest absolute Gasteiger partial charge is 0.329 e. The Labute approximate surface area is 133 Å². The van der Waals surface area contributed by atoms with Crippen molar-refractivity contribution in [3.05, 3.63) is 28.2 Å². The summed E-state index contributed by atoms with van der Waals surface area (Å²) in [7, 11) is 0. The molecule has 2 atom stereocenters. The fourth-order valence-electron chi connectivity index (χ4n) is 3.18. The molecule has 6 heteroatoms. The molecule has 2 saturated heterocycles. The molecule has 112 valence electrons. The number of fused-ring (bicyclic) bond motifs is 1. The van der Waals surface area contributed by atoms with Gasteiger partial charge in [-0.1, -0.05) is 23.2 Å². The summed E-state index contributed by atoms with van der Waals surface area (Å²) < 4.78 is 0. The molecular formula is C15H16Cl2N2O2. The number of carbonyl (C=O) groups excluding carboxylic acids is 2. The predicted octanol–water partition coefficient (Wildman–Crippen LogP) is 3.11. The maximum atomic E-state index is 12.8. The van der Waals surface area contributed by atoms with Crippen LogP contribution in [0.1, 0.15) is 26.2 Å². The molecule has 1 aromatic rings. The Kier molecular flexibility index (Phi) is 3.84. The monoisotopic (exact) mass is 326 g/mol. The molecule has 3 rings (SSSR count). The van der Waals surface area contributed by atoms with E-state index in [2.05, 4.69) is 0 Å². The second kappa shape index (κ2) is 5.50. The third kappa shape index (κ3) is 2.51. The van der Waals surface area contributed by atoms with Crippen LogP contribution in [-0.4, -0.2) is 35.3 Å². The van der Waals surface area contributed by atoms with Crippen LogP contribution in [0.5, 0.6) is 0 Å². The van der Waals surface area contributed by atoms with Gasteiger partial charge in [0.1, 0.15) is 12.1 Å². The molecule has 0 aliphatic carbocycles. The summed E-state index contributed by atoms with van der Waals surface area (Å²) in [5.41, 5.74) is 0.587. The predicted molar refractivity (Wildman–Crippen MR) is 82.8 cm³/mol. The Hall–Kier alpha value is -1.26. The van der Waals surface area contributed by atoms with Crippen molar-refractivity contribution < 1.29 is 9.59 Å². The first kappa shape index (κ1) is 14.7. The number of piperazine rings is 1. The Balaban J connectivity index is 2.01. The number of halogens is 2. The van der Waals surface area contributed by atoms with Gasteiger partial charge in [-0.15, -0.1) is 0 Å². The first-order valence-corrected chi connectivity index (χ1v) is 7.84. The van der Waals surface area contributed by atoms with Crippen molar-refractivity contribution in [2.75, 3.05) is 11.4 Å². The summed E-state index contributed by atoms with van der Waals surface area (Å²) in [6.07, 6.45) is 2.66. The van der Waals surface area contributed by atoms with Crippen molar-refractivity contribution in [3.63, 3.8) is 0 Å². The van der Waals surface area contributed by atoms with Gasteiger partial charge in [-0.2, -0.15) is 0 Å². The molecule has 2 heterocycles. The van der Waals surface area contributed by atoms with Crippen LogP contribution in [0.2, 0.25) is 10.0 Å². The molecule has 0 saturated carbocycles. The van der Waals surface area contributed by atoms with Crippen LogP contribution >= 0.6 is 23.2 Å². The van der Waals surface area contributed by atoms with Crippen molar-refractivity contribution in [1.82, 2.24) is 4.90 Å². The molecule has 0 N–H and O–H groups in total. The minimum Gasteiger partial charge on any atom is -0.329 e. The van der Waals surface area contributed by atoms with E-state index in [0.29, 0.717) is 22.3 Å². The quantitative estimate of drug-likeness (QED) is 0.795. The highest BCUT2D eigenvalue weighted by atomic mass is 35.5. The number of anilines is 1. The van der Waals surface area contributed by atoms with Crippen molar-refractivity contribution in [2.45, 2.75) is 38.3 Å². The molecule has 4 nitrogen and oxygen atoms in total. The number of nitrogens with zero attached hydrogens (tertiary/aromatic N) is 2. The Morgan fingerprint density at radius 3 is 2.38 bits per heavy atom. The van der Waals surface area contributed by atoms with E-state index in [1.54, 1.807) is 30.0 Å². The number of benzene rings is 1. The second-order valence-corrected chi connectivity index (χ2v) is 6.43. The van der Waals surface area contributed by atoms with E-state index < -0.39 is 6.04 Å². The first-order chi connectivity index (χ1) is 9.99. The standard InChI is InChI=1S/C15H16Cl2N2O2/c1-9-14(20)18-5-3-2-4-13(18)15(21)19(9)12-7-10(16)6-11(17)8-12/h6-9,13H,2-5H2,1H3. The average molecular weight is 327 g/mol. The van der Waals surface area contributed by atoms with Gasteiger partial charge in [0.05, 0.1) is 0 Å². The normalized spacial score (nSPS) is 26.0. The number of hydrogen-bond acceptors (Lipinski definition) is 2. The van der Waals surface area contributed by atoms with Crippen molar-refractivity contribution in [2.24, 2.45) is 0 Å². The molecule has 0 radical (unpaired) electrons. The van der Waals surface area contributed by atoms with Crippen LogP contribution < -0.4 is 4.90 Å². The van der Waals surface area contributed by atoms with E-state index in [9.17, 15) is 9.59 Å². The van der Waals surface area contributed by atoms with Gasteiger partial charge >= 0.3 is 0 Å². The first-order valence-electron chi connectivity index (χ1n) is 7.08. The highest BCUT2D eigenvalue weighted by Gasteiger charge is 2.45. The van der Waals surface area contributed by atoms with Crippen molar-refractivity contribution in [1.29, 1.82) is 0 Å². The Bertz CT molecular complexity index is 585. The van der Waals surface area contributed by atoms with Crippen LogP contribution in [0.15, 0.2) is 18.2 Å². The summed E-state index contributed by atoms with van der Waals surface area (Å²) in [4.78, 5) is 28.6. The lowest BCUT2D eigenvalue weighted by molar-refractivity contribution is -0.147. The van der Waals surface area contributed by atoms with Gasteiger partial charge in [0.15, 0.2) is 0 Å². The molecule has 2 aliphatic rings. The fraction of sp³-hybridized carbons (Fsp3) is 0.467. The summed E-state index contributed by atoms with van der Waals surface area (Å²) in [6.45, 7) is 2.42. The lowest BCUT2D eigenvalue weighted by Gasteiger charge is -2.46. The number of piperidine rings is 1. The van der Waals surface area contributed by atoms with Gasteiger partial charge in [0.25, 0.3) is 5.91 Å². The van der Waals surface area contributed by atoms with Gasteiger partial charge in [0, 0.05) is 22.3 Å². The summed E-state index contributed by atoms with van der Waals surface area (Å²) in [5, 5.41) is 0.909. The highest BCUT2D eigenvalue weighted by Crippen LogP contribution is 2.33. The minimum absolute atomic E-state index is 0.00426. The number of carbonyl (C=O) groups is 2. The molecule has 21 heavy (non-hydrogen) atoms. The Morgan fingerprint density at radius 2 is 1.71 bits per heavy atom. The van der Waals surface area contributed by atoms with Crippen molar-refractivity contribution >= 4 is 40.7 Å². The molecule has 2 fully saturated rings. The SMILES string of the molecule is CC1C(=O)N2CCCCC2C(=O)N1c1cc(Cl)cc(Cl)c1. The van der Waals surface area contributed by atoms with E-state index in [1.807, 2.05) is 0 Å². The molecule has 1 aromatic carbocycles. The fourth-order valence-corrected chi connectivity index (χ4v) is 3.70. The van der Waals surface area contributed by atoms with E-state index in [0.717, 1.165) is 19.3 Å². The molecule has 0 bridgehead atoms. The van der Waals surface area contributed by atoms with Crippen LogP contribution in [0, 0.1) is 0 Å². The number of amides is 2. The molecule has 2 amide bonds. The van der Waals surface area contributed by atoms with Crippen LogP contribution in [0.25, 0.3) is 0 Å². The zero-order chi connectivity index (χ0) is 15.1. The lowest BCUT2D eigenvalue weighted by Crippen LogP contribution is -2.65. The number of hydrogen-bond donors (Lipinski definition) is 0. The average Bonchev–Trinajstić information content (AvgIpc) is 2.44. The highest BCUT2D eigenvalue weighted by molar-refractivity contribution is 6.35. The summed E-state index contributed by atoms with van der Waals surface area (Å²) in [5.74, 6) is -0.0458. The van der Waals surface area contributed by atoms with Gasteiger partial charge < -0.3 is 4.90 Å². The van der Waals surface area contributed by atoms with E-state index in [1.165, 1.54) is 4.90 Å². The molecule has 0 aromatic heterocycles. The summed E-state index contributed by atoms with van der Waals surface area (Å²) in [6, 6.07) is 4.09. The molecular weight excluding hydrogens is 311 g/mol. The van der Waals surface area contributed by atoms with Crippen molar-refractivity contribution in [3.8, 4) is 0 Å². The third-order valence-corrected chi connectivity index (χ3v) is 4.61. The third-order valence-electron chi connectivity index (χ3n) is 4.18. The van der Waals surface area contributed by atoms with Crippen LogP contribution in [0.3, 0.4) is 0 Å². The van der Waals surface area contributed by atoms with Crippen LogP contribution in [-0.2, 0) is 9.59 Å². The van der Waals surface area contributed by atoms with Gasteiger partial charge in [-0.3, -0.25) is 14.5 Å². The molecule has 0 spiro atoms.